The minimum Gasteiger partial charge on any atom is -0.393 e. The predicted octanol–water partition coefficient (Wildman–Crippen LogP) is 1.04. The van der Waals surface area contributed by atoms with Crippen LogP contribution in [0.3, 0.4) is 0 Å². The van der Waals surface area contributed by atoms with Crippen LogP contribution >= 0.6 is 0 Å². The average molecular weight is 282 g/mol. The van der Waals surface area contributed by atoms with Crippen molar-refractivity contribution >= 4 is 6.03 Å². The fourth-order valence-electron chi connectivity index (χ4n) is 2.10. The minimum absolute atomic E-state index is 0.188. The van der Waals surface area contributed by atoms with Gasteiger partial charge in [0.15, 0.2) is 0 Å². The van der Waals surface area contributed by atoms with Gasteiger partial charge in [-0.3, -0.25) is 4.68 Å². The summed E-state index contributed by atoms with van der Waals surface area (Å²) in [6.45, 7) is 7.00. The fraction of sp³-hybridized carbons (Fsp3) is 0.714. The van der Waals surface area contributed by atoms with Crippen LogP contribution in [-0.2, 0) is 13.5 Å². The number of urea groups is 1. The summed E-state index contributed by atoms with van der Waals surface area (Å²) in [5.41, 5.74) is 3.34. The highest BCUT2D eigenvalue weighted by molar-refractivity contribution is 5.73. The van der Waals surface area contributed by atoms with Gasteiger partial charge in [-0.25, -0.2) is 4.79 Å². The topological polar surface area (TPSA) is 79.2 Å². The van der Waals surface area contributed by atoms with Crippen molar-refractivity contribution in [3.05, 3.63) is 17.0 Å². The van der Waals surface area contributed by atoms with E-state index in [0.29, 0.717) is 25.9 Å². The summed E-state index contributed by atoms with van der Waals surface area (Å²) >= 11 is 0. The van der Waals surface area contributed by atoms with Gasteiger partial charge >= 0.3 is 6.03 Å². The molecule has 0 aliphatic carbocycles. The highest BCUT2D eigenvalue weighted by Crippen LogP contribution is 2.11. The molecule has 114 valence electrons. The molecule has 6 heteroatoms. The van der Waals surface area contributed by atoms with Gasteiger partial charge in [-0.05, 0) is 38.7 Å². The zero-order valence-electron chi connectivity index (χ0n) is 12.9. The molecule has 0 aromatic carbocycles. The monoisotopic (exact) mass is 282 g/mol. The Morgan fingerprint density at radius 2 is 2.00 bits per heavy atom. The van der Waals surface area contributed by atoms with Gasteiger partial charge < -0.3 is 15.7 Å². The van der Waals surface area contributed by atoms with Gasteiger partial charge in [-0.1, -0.05) is 6.92 Å². The Hall–Kier alpha value is -1.56. The minimum atomic E-state index is -0.337. The molecule has 1 atom stereocenters. The van der Waals surface area contributed by atoms with Gasteiger partial charge in [0.2, 0.25) is 0 Å². The second kappa shape index (κ2) is 7.89. The van der Waals surface area contributed by atoms with Crippen LogP contribution in [-0.4, -0.2) is 40.1 Å². The summed E-state index contributed by atoms with van der Waals surface area (Å²) in [7, 11) is 1.92. The molecule has 3 N–H and O–H groups in total. The summed E-state index contributed by atoms with van der Waals surface area (Å²) in [5, 5.41) is 19.3. The number of carbonyl (C=O) groups excluding carboxylic acids is 1. The molecule has 1 aromatic rings. The normalized spacial score (nSPS) is 12.2. The molecule has 2 amide bonds. The van der Waals surface area contributed by atoms with Crippen LogP contribution in [0, 0.1) is 13.8 Å². The lowest BCUT2D eigenvalue weighted by Crippen LogP contribution is -2.38. The van der Waals surface area contributed by atoms with E-state index in [-0.39, 0.29) is 12.1 Å². The Labute approximate surface area is 120 Å². The molecule has 0 spiro atoms. The number of rotatable bonds is 7. The van der Waals surface area contributed by atoms with Crippen LogP contribution in [0.4, 0.5) is 4.79 Å². The number of aryl methyl sites for hydroxylation is 2. The van der Waals surface area contributed by atoms with E-state index < -0.39 is 0 Å². The van der Waals surface area contributed by atoms with Crippen molar-refractivity contribution in [2.75, 3.05) is 13.1 Å². The van der Waals surface area contributed by atoms with Crippen molar-refractivity contribution in [1.82, 2.24) is 20.4 Å². The maximum absolute atomic E-state index is 11.6. The Morgan fingerprint density at radius 3 is 2.55 bits per heavy atom. The summed E-state index contributed by atoms with van der Waals surface area (Å²) < 4.78 is 1.86. The van der Waals surface area contributed by atoms with Crippen molar-refractivity contribution in [2.45, 2.75) is 46.1 Å². The van der Waals surface area contributed by atoms with E-state index in [9.17, 15) is 9.90 Å². The molecule has 1 rings (SSSR count). The van der Waals surface area contributed by atoms with Gasteiger partial charge in [0, 0.05) is 25.8 Å². The second-order valence-corrected chi connectivity index (χ2v) is 5.06. The highest BCUT2D eigenvalue weighted by atomic mass is 16.3. The van der Waals surface area contributed by atoms with E-state index in [0.717, 1.165) is 17.8 Å². The first kappa shape index (κ1) is 16.5. The first-order valence-electron chi connectivity index (χ1n) is 7.14. The SMILES string of the molecule is CCC(O)CCNC(=O)NCCc1c(C)nn(C)c1C. The average Bonchev–Trinajstić information content (AvgIpc) is 2.64. The largest absolute Gasteiger partial charge is 0.393 e. The molecule has 0 saturated heterocycles. The third-order valence-corrected chi connectivity index (χ3v) is 3.55. The number of hydrogen-bond acceptors (Lipinski definition) is 3. The van der Waals surface area contributed by atoms with E-state index in [1.54, 1.807) is 0 Å². The molecule has 20 heavy (non-hydrogen) atoms. The lowest BCUT2D eigenvalue weighted by atomic mass is 10.1. The molecule has 0 aliphatic rings. The van der Waals surface area contributed by atoms with Gasteiger partial charge in [0.25, 0.3) is 0 Å². The number of aliphatic hydroxyl groups excluding tert-OH is 1. The lowest BCUT2D eigenvalue weighted by Gasteiger charge is -2.10. The Bertz CT molecular complexity index is 443. The number of nitrogens with one attached hydrogen (secondary N) is 2. The second-order valence-electron chi connectivity index (χ2n) is 5.06. The van der Waals surface area contributed by atoms with Crippen molar-refractivity contribution in [1.29, 1.82) is 0 Å². The smallest absolute Gasteiger partial charge is 0.314 e. The molecule has 0 radical (unpaired) electrons. The molecular formula is C14H26N4O2. The molecule has 0 fully saturated rings. The Kier molecular flexibility index (Phi) is 6.51. The van der Waals surface area contributed by atoms with Crippen LogP contribution in [0.25, 0.3) is 0 Å². The van der Waals surface area contributed by atoms with E-state index >= 15 is 0 Å². The zero-order chi connectivity index (χ0) is 15.1. The van der Waals surface area contributed by atoms with E-state index in [1.807, 2.05) is 32.5 Å². The van der Waals surface area contributed by atoms with Crippen LogP contribution in [0.15, 0.2) is 0 Å². The number of nitrogens with zero attached hydrogens (tertiary/aromatic N) is 2. The van der Waals surface area contributed by atoms with E-state index in [4.69, 9.17) is 0 Å². The number of aromatic nitrogens is 2. The summed E-state index contributed by atoms with van der Waals surface area (Å²) in [6.07, 6.45) is 1.74. The van der Waals surface area contributed by atoms with Gasteiger partial charge in [0.1, 0.15) is 0 Å². The maximum Gasteiger partial charge on any atom is 0.314 e. The first-order valence-corrected chi connectivity index (χ1v) is 7.14. The predicted molar refractivity (Wildman–Crippen MR) is 78.7 cm³/mol. The van der Waals surface area contributed by atoms with Crippen molar-refractivity contribution in [3.63, 3.8) is 0 Å². The third-order valence-electron chi connectivity index (χ3n) is 3.55. The standard InChI is InChI=1S/C14H26N4O2/c1-5-12(19)6-8-15-14(20)16-9-7-13-10(2)17-18(4)11(13)3/h12,19H,5-9H2,1-4H3,(H2,15,16,20). The number of amides is 2. The first-order chi connectivity index (χ1) is 9.45. The molecule has 1 heterocycles. The molecular weight excluding hydrogens is 256 g/mol. The van der Waals surface area contributed by atoms with Crippen LogP contribution in [0.1, 0.15) is 36.7 Å². The van der Waals surface area contributed by atoms with Gasteiger partial charge in [0.05, 0.1) is 11.8 Å². The molecule has 1 aromatic heterocycles. The third kappa shape index (κ3) is 4.85. The summed E-state index contributed by atoms with van der Waals surface area (Å²) in [5.74, 6) is 0. The fourth-order valence-corrected chi connectivity index (χ4v) is 2.10. The molecule has 6 nitrogen and oxygen atoms in total. The number of carbonyl (C=O) groups is 1. The molecule has 0 saturated carbocycles. The Balaban J connectivity index is 2.25. The van der Waals surface area contributed by atoms with Crippen molar-refractivity contribution in [3.8, 4) is 0 Å². The highest BCUT2D eigenvalue weighted by Gasteiger charge is 2.09. The number of hydrogen-bond donors (Lipinski definition) is 3. The van der Waals surface area contributed by atoms with Crippen molar-refractivity contribution in [2.24, 2.45) is 7.05 Å². The van der Waals surface area contributed by atoms with Crippen LogP contribution in [0.5, 0.6) is 0 Å². The van der Waals surface area contributed by atoms with Crippen molar-refractivity contribution < 1.29 is 9.90 Å². The lowest BCUT2D eigenvalue weighted by molar-refractivity contribution is 0.160. The van der Waals surface area contributed by atoms with E-state index in [2.05, 4.69) is 15.7 Å². The Morgan fingerprint density at radius 1 is 1.35 bits per heavy atom. The maximum atomic E-state index is 11.6. The summed E-state index contributed by atoms with van der Waals surface area (Å²) in [6, 6.07) is -0.188. The van der Waals surface area contributed by atoms with E-state index in [1.165, 1.54) is 5.56 Å². The van der Waals surface area contributed by atoms with Crippen LogP contribution in [0.2, 0.25) is 0 Å². The molecule has 0 aliphatic heterocycles. The summed E-state index contributed by atoms with van der Waals surface area (Å²) in [4.78, 5) is 11.6. The number of aliphatic hydroxyl groups is 1. The van der Waals surface area contributed by atoms with Gasteiger partial charge in [-0.15, -0.1) is 0 Å². The van der Waals surface area contributed by atoms with Crippen LogP contribution < -0.4 is 10.6 Å². The molecule has 0 bridgehead atoms. The van der Waals surface area contributed by atoms with Gasteiger partial charge in [-0.2, -0.15) is 5.10 Å². The zero-order valence-corrected chi connectivity index (χ0v) is 12.9. The quantitative estimate of drug-likeness (QED) is 0.699. The molecule has 1 unspecified atom stereocenters.